The number of anilines is 1. The number of likely N-dealkylation sites (tertiary alicyclic amines) is 1. The number of rotatable bonds is 6. The van der Waals surface area contributed by atoms with E-state index in [0.717, 1.165) is 64.0 Å². The molecule has 32 heavy (non-hydrogen) atoms. The number of nitrogens with one attached hydrogen (secondary N) is 1. The fourth-order valence-corrected chi connectivity index (χ4v) is 4.50. The lowest BCUT2D eigenvalue weighted by molar-refractivity contribution is 0.312. The smallest absolute Gasteiger partial charge is 0.194 e. The molecule has 2 fully saturated rings. The molecule has 6 nitrogen and oxygen atoms in total. The number of pyridine rings is 1. The Morgan fingerprint density at radius 1 is 1.06 bits per heavy atom. The van der Waals surface area contributed by atoms with E-state index >= 15 is 0 Å². The van der Waals surface area contributed by atoms with Crippen molar-refractivity contribution in [1.29, 1.82) is 0 Å². The molecule has 0 spiro atoms. The minimum atomic E-state index is 0. The highest BCUT2D eigenvalue weighted by Crippen LogP contribution is 2.21. The van der Waals surface area contributed by atoms with Gasteiger partial charge >= 0.3 is 0 Å². The molecule has 1 atom stereocenters. The summed E-state index contributed by atoms with van der Waals surface area (Å²) < 4.78 is 0. The van der Waals surface area contributed by atoms with Gasteiger partial charge in [0.25, 0.3) is 0 Å². The van der Waals surface area contributed by atoms with Crippen LogP contribution in [0.25, 0.3) is 0 Å². The van der Waals surface area contributed by atoms with Gasteiger partial charge in [-0.15, -0.1) is 24.0 Å². The summed E-state index contributed by atoms with van der Waals surface area (Å²) in [6, 6.07) is 15.1. The first-order valence-electron chi connectivity index (χ1n) is 11.7. The van der Waals surface area contributed by atoms with E-state index in [-0.39, 0.29) is 24.0 Å². The molecule has 2 aromatic rings. The number of piperazine rings is 1. The van der Waals surface area contributed by atoms with Gasteiger partial charge in [0.1, 0.15) is 5.82 Å². The Labute approximate surface area is 210 Å². The van der Waals surface area contributed by atoms with E-state index in [9.17, 15) is 0 Å². The molecule has 4 rings (SSSR count). The number of hydrogen-bond donors (Lipinski definition) is 1. The Balaban J connectivity index is 0.00000289. The van der Waals surface area contributed by atoms with Crippen LogP contribution in [0.5, 0.6) is 0 Å². The monoisotopic (exact) mass is 548 g/mol. The van der Waals surface area contributed by atoms with Gasteiger partial charge in [-0.25, -0.2) is 9.98 Å². The predicted octanol–water partition coefficient (Wildman–Crippen LogP) is 3.48. The topological polar surface area (TPSA) is 47.0 Å². The third kappa shape index (κ3) is 6.81. The fourth-order valence-electron chi connectivity index (χ4n) is 4.50. The van der Waals surface area contributed by atoms with Crippen LogP contribution in [0.1, 0.15) is 24.5 Å². The van der Waals surface area contributed by atoms with Gasteiger partial charge in [-0.3, -0.25) is 0 Å². The second kappa shape index (κ2) is 12.4. The van der Waals surface area contributed by atoms with Gasteiger partial charge in [-0.2, -0.15) is 0 Å². The lowest BCUT2D eigenvalue weighted by Crippen LogP contribution is -2.44. The van der Waals surface area contributed by atoms with Gasteiger partial charge in [-0.1, -0.05) is 30.3 Å². The molecule has 3 heterocycles. The van der Waals surface area contributed by atoms with E-state index in [1.807, 2.05) is 6.20 Å². The summed E-state index contributed by atoms with van der Waals surface area (Å²) in [6.07, 6.45) is 4.30. The zero-order chi connectivity index (χ0) is 21.5. The number of guanidine groups is 1. The molecule has 0 radical (unpaired) electrons. The molecule has 7 heteroatoms. The molecule has 0 bridgehead atoms. The lowest BCUT2D eigenvalue weighted by Gasteiger charge is -2.33. The molecule has 1 aromatic heterocycles. The molecule has 2 aliphatic rings. The van der Waals surface area contributed by atoms with Crippen molar-refractivity contribution in [2.24, 2.45) is 10.9 Å². The zero-order valence-corrected chi connectivity index (χ0v) is 21.7. The minimum Gasteiger partial charge on any atom is -0.357 e. The number of halogens is 1. The zero-order valence-electron chi connectivity index (χ0n) is 19.4. The molecule has 1 unspecified atom stereocenters. The second-order valence-corrected chi connectivity index (χ2v) is 8.77. The Morgan fingerprint density at radius 3 is 2.59 bits per heavy atom. The number of benzene rings is 1. The molecular formula is C25H37IN6. The first-order valence-corrected chi connectivity index (χ1v) is 11.7. The maximum Gasteiger partial charge on any atom is 0.194 e. The van der Waals surface area contributed by atoms with E-state index in [4.69, 9.17) is 4.99 Å². The largest absolute Gasteiger partial charge is 0.357 e. The average Bonchev–Trinajstić information content (AvgIpc) is 3.26. The van der Waals surface area contributed by atoms with Gasteiger partial charge in [0.15, 0.2) is 5.96 Å². The van der Waals surface area contributed by atoms with Crippen LogP contribution < -0.4 is 10.2 Å². The van der Waals surface area contributed by atoms with Crippen molar-refractivity contribution in [2.45, 2.75) is 26.3 Å². The first kappa shape index (κ1) is 24.8. The maximum atomic E-state index is 4.98. The van der Waals surface area contributed by atoms with Crippen LogP contribution in [0.2, 0.25) is 0 Å². The average molecular weight is 549 g/mol. The molecule has 0 aliphatic carbocycles. The van der Waals surface area contributed by atoms with Crippen molar-refractivity contribution in [2.75, 3.05) is 57.8 Å². The minimum absolute atomic E-state index is 0. The number of likely N-dealkylation sites (N-methyl/N-ethyl adjacent to an activating group) is 1. The molecule has 0 amide bonds. The van der Waals surface area contributed by atoms with Crippen LogP contribution in [0.3, 0.4) is 0 Å². The van der Waals surface area contributed by atoms with Gasteiger partial charge in [-0.05, 0) is 56.0 Å². The van der Waals surface area contributed by atoms with Gasteiger partial charge in [0.2, 0.25) is 0 Å². The summed E-state index contributed by atoms with van der Waals surface area (Å²) in [5.74, 6) is 2.81. The van der Waals surface area contributed by atoms with Crippen molar-refractivity contribution in [1.82, 2.24) is 20.1 Å². The van der Waals surface area contributed by atoms with Crippen molar-refractivity contribution in [3.63, 3.8) is 0 Å². The van der Waals surface area contributed by atoms with Crippen LogP contribution >= 0.6 is 24.0 Å². The van der Waals surface area contributed by atoms with Crippen molar-refractivity contribution >= 4 is 35.8 Å². The van der Waals surface area contributed by atoms with Gasteiger partial charge in [0, 0.05) is 52.0 Å². The van der Waals surface area contributed by atoms with Gasteiger partial charge in [0.05, 0.1) is 6.54 Å². The maximum absolute atomic E-state index is 4.98. The Bertz CT molecular complexity index is 851. The second-order valence-electron chi connectivity index (χ2n) is 8.77. The highest BCUT2D eigenvalue weighted by molar-refractivity contribution is 14.0. The fraction of sp³-hybridized carbons (Fsp3) is 0.520. The van der Waals surface area contributed by atoms with E-state index in [1.54, 1.807) is 0 Å². The van der Waals surface area contributed by atoms with Crippen LogP contribution in [-0.4, -0.2) is 73.6 Å². The normalized spacial score (nSPS) is 19.7. The molecule has 0 saturated carbocycles. The summed E-state index contributed by atoms with van der Waals surface area (Å²) >= 11 is 0. The third-order valence-electron chi connectivity index (χ3n) is 6.34. The Hall–Kier alpha value is -1.87. The van der Waals surface area contributed by atoms with Crippen LogP contribution in [0, 0.1) is 5.92 Å². The standard InChI is InChI=1S/C25H36N6.HI/c1-3-26-25(31-12-10-23(20-31)17-21-7-5-4-6-8-21)28-19-22-9-11-27-24(18-22)30-15-13-29(2)14-16-30;/h4-9,11,18,23H,3,10,12-17,19-20H2,1-2H3,(H,26,28);1H. The number of nitrogens with zero attached hydrogens (tertiary/aromatic N) is 5. The van der Waals surface area contributed by atoms with Crippen LogP contribution in [-0.2, 0) is 13.0 Å². The molecule has 2 aliphatic heterocycles. The summed E-state index contributed by atoms with van der Waals surface area (Å²) in [4.78, 5) is 16.8. The summed E-state index contributed by atoms with van der Waals surface area (Å²) in [7, 11) is 2.18. The van der Waals surface area contributed by atoms with Crippen molar-refractivity contribution in [3.05, 3.63) is 59.8 Å². The SMILES string of the molecule is CCNC(=NCc1ccnc(N2CCN(C)CC2)c1)N1CCC(Cc2ccccc2)C1.I. The molecule has 2 saturated heterocycles. The molecule has 1 aromatic carbocycles. The molecule has 1 N–H and O–H groups in total. The number of hydrogen-bond acceptors (Lipinski definition) is 4. The first-order chi connectivity index (χ1) is 15.2. The molecule has 174 valence electrons. The summed E-state index contributed by atoms with van der Waals surface area (Å²) in [5.41, 5.74) is 2.66. The summed E-state index contributed by atoms with van der Waals surface area (Å²) in [5, 5.41) is 3.51. The Morgan fingerprint density at radius 2 is 1.84 bits per heavy atom. The highest BCUT2D eigenvalue weighted by Gasteiger charge is 2.25. The summed E-state index contributed by atoms with van der Waals surface area (Å²) in [6.45, 7) is 10.1. The van der Waals surface area contributed by atoms with E-state index in [0.29, 0.717) is 12.5 Å². The van der Waals surface area contributed by atoms with Crippen LogP contribution in [0.15, 0.2) is 53.7 Å². The van der Waals surface area contributed by atoms with Crippen molar-refractivity contribution in [3.8, 4) is 0 Å². The van der Waals surface area contributed by atoms with Crippen molar-refractivity contribution < 1.29 is 0 Å². The van der Waals surface area contributed by atoms with Gasteiger partial charge < -0.3 is 20.0 Å². The van der Waals surface area contributed by atoms with E-state index in [1.165, 1.54) is 17.5 Å². The number of aliphatic imine (C=N–C) groups is 1. The van der Waals surface area contributed by atoms with Crippen LogP contribution in [0.4, 0.5) is 5.82 Å². The van der Waals surface area contributed by atoms with E-state index in [2.05, 4.69) is 81.4 Å². The highest BCUT2D eigenvalue weighted by atomic mass is 127. The Kier molecular flexibility index (Phi) is 9.59. The lowest BCUT2D eigenvalue weighted by atomic mass is 9.99. The third-order valence-corrected chi connectivity index (χ3v) is 6.34. The quantitative estimate of drug-likeness (QED) is 0.341. The predicted molar refractivity (Wildman–Crippen MR) is 144 cm³/mol. The number of aromatic nitrogens is 1. The molecular weight excluding hydrogens is 511 g/mol. The van der Waals surface area contributed by atoms with E-state index < -0.39 is 0 Å².